The molecule has 34 heavy (non-hydrogen) atoms. The number of halogens is 3. The van der Waals surface area contributed by atoms with Crippen molar-refractivity contribution in [2.45, 2.75) is 45.3 Å². The fourth-order valence-corrected chi connectivity index (χ4v) is 3.81. The molecule has 1 aromatic heterocycles. The fraction of sp³-hybridized carbons (Fsp3) is 0.400. The van der Waals surface area contributed by atoms with Gasteiger partial charge in [0.1, 0.15) is 0 Å². The molecule has 0 amide bonds. The number of benzene rings is 2. The Morgan fingerprint density at radius 2 is 1.74 bits per heavy atom. The molecule has 9 heteroatoms. The second-order valence-corrected chi connectivity index (χ2v) is 8.44. The number of nitrogens with zero attached hydrogens (tertiary/aromatic N) is 3. The van der Waals surface area contributed by atoms with Crippen LogP contribution in [0.3, 0.4) is 0 Å². The number of carbonyl (C=O) groups is 1. The van der Waals surface area contributed by atoms with Gasteiger partial charge in [0.25, 0.3) is 0 Å². The summed E-state index contributed by atoms with van der Waals surface area (Å²) < 4.78 is 31.7. The molecule has 1 saturated heterocycles. The van der Waals surface area contributed by atoms with Gasteiger partial charge < -0.3 is 15.3 Å². The zero-order valence-electron chi connectivity index (χ0n) is 19.3. The highest BCUT2D eigenvalue weighted by molar-refractivity contribution is 5.83. The van der Waals surface area contributed by atoms with E-state index in [9.17, 15) is 13.2 Å². The summed E-state index contributed by atoms with van der Waals surface area (Å²) in [5.74, 6) is -1.41. The van der Waals surface area contributed by atoms with Gasteiger partial charge >= 0.3 is 12.1 Å². The van der Waals surface area contributed by atoms with Gasteiger partial charge in [-0.3, -0.25) is 0 Å². The maximum absolute atomic E-state index is 10.6. The van der Waals surface area contributed by atoms with E-state index in [-0.39, 0.29) is 0 Å². The molecule has 2 heterocycles. The molecular formula is C25H29F3N4O2. The summed E-state index contributed by atoms with van der Waals surface area (Å²) in [6, 6.07) is 17.4. The maximum atomic E-state index is 10.6. The molecule has 0 saturated carbocycles. The number of aromatic nitrogens is 2. The average Bonchev–Trinajstić information content (AvgIpc) is 3.33. The normalized spacial score (nSPS) is 14.6. The highest BCUT2D eigenvalue weighted by atomic mass is 19.4. The zero-order valence-corrected chi connectivity index (χ0v) is 19.3. The van der Waals surface area contributed by atoms with E-state index in [0.717, 1.165) is 43.5 Å². The standard InChI is InChI=1S/C23H28N4.C2HF3O2/c1-17(20-10-9-19-7-3-4-8-21(19)14-20)15-24-16-22-13-18(2)25-23(26-22)27-11-5-6-12-27;3-2(4,5)1(6)7/h3-4,7-10,13-14,17,24H,5-6,11-12,15-16H2,1-2H3;(H,6,7). The van der Waals surface area contributed by atoms with Crippen LogP contribution in [-0.2, 0) is 11.3 Å². The van der Waals surface area contributed by atoms with Crippen LogP contribution in [0.15, 0.2) is 48.5 Å². The Labute approximate surface area is 196 Å². The van der Waals surface area contributed by atoms with Crippen molar-refractivity contribution >= 4 is 22.7 Å². The Balaban J connectivity index is 0.000000406. The molecule has 1 atom stereocenters. The largest absolute Gasteiger partial charge is 0.490 e. The molecule has 182 valence electrons. The molecule has 0 bridgehead atoms. The first kappa shape index (κ1) is 25.4. The highest BCUT2D eigenvalue weighted by Gasteiger charge is 2.38. The van der Waals surface area contributed by atoms with E-state index < -0.39 is 12.1 Å². The minimum absolute atomic E-state index is 0.454. The van der Waals surface area contributed by atoms with E-state index in [1.54, 1.807) is 0 Å². The van der Waals surface area contributed by atoms with Crippen LogP contribution in [0.2, 0.25) is 0 Å². The van der Waals surface area contributed by atoms with Crippen molar-refractivity contribution in [3.8, 4) is 0 Å². The Morgan fingerprint density at radius 3 is 2.38 bits per heavy atom. The third-order valence-corrected chi connectivity index (χ3v) is 5.63. The van der Waals surface area contributed by atoms with Gasteiger partial charge in [-0.1, -0.05) is 49.4 Å². The second kappa shape index (κ2) is 11.3. The van der Waals surface area contributed by atoms with E-state index in [4.69, 9.17) is 14.9 Å². The van der Waals surface area contributed by atoms with Crippen molar-refractivity contribution < 1.29 is 23.1 Å². The summed E-state index contributed by atoms with van der Waals surface area (Å²) in [5, 5.41) is 13.3. The van der Waals surface area contributed by atoms with Crippen LogP contribution in [0.4, 0.5) is 19.1 Å². The van der Waals surface area contributed by atoms with E-state index >= 15 is 0 Å². The third-order valence-electron chi connectivity index (χ3n) is 5.63. The molecule has 0 radical (unpaired) electrons. The van der Waals surface area contributed by atoms with E-state index in [2.05, 4.69) is 77.6 Å². The summed E-state index contributed by atoms with van der Waals surface area (Å²) in [4.78, 5) is 20.6. The van der Waals surface area contributed by atoms with Gasteiger partial charge in [-0.2, -0.15) is 13.2 Å². The lowest BCUT2D eigenvalue weighted by atomic mass is 9.98. The fourth-order valence-electron chi connectivity index (χ4n) is 3.81. The van der Waals surface area contributed by atoms with Crippen LogP contribution in [0.1, 0.15) is 42.6 Å². The number of hydrogen-bond donors (Lipinski definition) is 2. The van der Waals surface area contributed by atoms with Crippen LogP contribution >= 0.6 is 0 Å². The minimum Gasteiger partial charge on any atom is -0.475 e. The Bertz CT molecular complexity index is 1110. The Hall–Kier alpha value is -3.20. The van der Waals surface area contributed by atoms with Gasteiger partial charge in [-0.25, -0.2) is 14.8 Å². The van der Waals surface area contributed by atoms with Crippen molar-refractivity contribution in [2.24, 2.45) is 0 Å². The number of alkyl halides is 3. The molecule has 4 rings (SSSR count). The van der Waals surface area contributed by atoms with Crippen LogP contribution < -0.4 is 10.2 Å². The van der Waals surface area contributed by atoms with Crippen molar-refractivity contribution in [1.82, 2.24) is 15.3 Å². The number of nitrogens with one attached hydrogen (secondary N) is 1. The Kier molecular flexibility index (Phi) is 8.44. The van der Waals surface area contributed by atoms with Gasteiger partial charge in [0, 0.05) is 31.9 Å². The molecule has 1 fully saturated rings. The lowest BCUT2D eigenvalue weighted by Gasteiger charge is -2.17. The third kappa shape index (κ3) is 7.15. The molecular weight excluding hydrogens is 445 g/mol. The number of hydrogen-bond acceptors (Lipinski definition) is 5. The van der Waals surface area contributed by atoms with Gasteiger partial charge in [0.2, 0.25) is 5.95 Å². The number of aliphatic carboxylic acids is 1. The quantitative estimate of drug-likeness (QED) is 0.520. The number of aryl methyl sites for hydroxylation is 1. The van der Waals surface area contributed by atoms with Crippen molar-refractivity contribution in [3.05, 3.63) is 65.5 Å². The summed E-state index contributed by atoms with van der Waals surface area (Å²) in [5.41, 5.74) is 3.50. The van der Waals surface area contributed by atoms with E-state index in [1.165, 1.54) is 29.2 Å². The smallest absolute Gasteiger partial charge is 0.475 e. The number of carboxylic acids is 1. The topological polar surface area (TPSA) is 78.4 Å². The maximum Gasteiger partial charge on any atom is 0.490 e. The Morgan fingerprint density at radius 1 is 1.09 bits per heavy atom. The molecule has 0 spiro atoms. The lowest BCUT2D eigenvalue weighted by molar-refractivity contribution is -0.192. The highest BCUT2D eigenvalue weighted by Crippen LogP contribution is 2.21. The number of rotatable bonds is 6. The SMILES string of the molecule is Cc1cc(CNCC(C)c2ccc3ccccc3c2)nc(N2CCCC2)n1.O=C(O)C(F)(F)F. The monoisotopic (exact) mass is 474 g/mol. The van der Waals surface area contributed by atoms with Crippen molar-refractivity contribution in [3.63, 3.8) is 0 Å². The molecule has 2 N–H and O–H groups in total. The van der Waals surface area contributed by atoms with E-state index in [1.807, 2.05) is 0 Å². The van der Waals surface area contributed by atoms with Crippen molar-refractivity contribution in [2.75, 3.05) is 24.5 Å². The van der Waals surface area contributed by atoms with Crippen LogP contribution in [0.5, 0.6) is 0 Å². The molecule has 6 nitrogen and oxygen atoms in total. The number of carboxylic acid groups (broad SMARTS) is 1. The first-order valence-corrected chi connectivity index (χ1v) is 11.2. The predicted molar refractivity (Wildman–Crippen MR) is 126 cm³/mol. The molecule has 1 aliphatic heterocycles. The molecule has 3 aromatic rings. The lowest BCUT2D eigenvalue weighted by Crippen LogP contribution is -2.24. The van der Waals surface area contributed by atoms with Gasteiger partial charge in [0.15, 0.2) is 0 Å². The summed E-state index contributed by atoms with van der Waals surface area (Å²) in [7, 11) is 0. The molecule has 0 aliphatic carbocycles. The second-order valence-electron chi connectivity index (χ2n) is 8.44. The van der Waals surface area contributed by atoms with Gasteiger partial charge in [-0.15, -0.1) is 0 Å². The first-order chi connectivity index (χ1) is 16.1. The first-order valence-electron chi connectivity index (χ1n) is 11.2. The number of fused-ring (bicyclic) bond motifs is 1. The molecule has 2 aromatic carbocycles. The predicted octanol–water partition coefficient (Wildman–Crippen LogP) is 5.07. The molecule has 1 unspecified atom stereocenters. The molecule has 1 aliphatic rings. The zero-order chi connectivity index (χ0) is 24.7. The average molecular weight is 475 g/mol. The van der Waals surface area contributed by atoms with Gasteiger partial charge in [0.05, 0.1) is 5.69 Å². The summed E-state index contributed by atoms with van der Waals surface area (Å²) >= 11 is 0. The van der Waals surface area contributed by atoms with Gasteiger partial charge in [-0.05, 0) is 48.1 Å². The number of anilines is 1. The minimum atomic E-state index is -5.08. The van der Waals surface area contributed by atoms with Crippen LogP contribution in [-0.4, -0.2) is 46.9 Å². The summed E-state index contributed by atoms with van der Waals surface area (Å²) in [6.07, 6.45) is -2.59. The van der Waals surface area contributed by atoms with Crippen LogP contribution in [0, 0.1) is 6.92 Å². The summed E-state index contributed by atoms with van der Waals surface area (Å²) in [6.45, 7) is 8.20. The van der Waals surface area contributed by atoms with E-state index in [0.29, 0.717) is 5.92 Å². The van der Waals surface area contributed by atoms with Crippen molar-refractivity contribution in [1.29, 1.82) is 0 Å². The van der Waals surface area contributed by atoms with Crippen LogP contribution in [0.25, 0.3) is 10.8 Å².